The first kappa shape index (κ1) is 10.3. The first-order chi connectivity index (χ1) is 7.15. The van der Waals surface area contributed by atoms with Gasteiger partial charge < -0.3 is 9.84 Å². The van der Waals surface area contributed by atoms with Crippen LogP contribution in [0.25, 0.3) is 10.1 Å². The third-order valence-corrected chi connectivity index (χ3v) is 3.50. The van der Waals surface area contributed by atoms with Crippen molar-refractivity contribution < 1.29 is 14.6 Å². The molecule has 0 aliphatic rings. The molecule has 15 heavy (non-hydrogen) atoms. The zero-order chi connectivity index (χ0) is 11.0. The van der Waals surface area contributed by atoms with Gasteiger partial charge >= 0.3 is 5.97 Å². The second kappa shape index (κ2) is 3.72. The zero-order valence-electron chi connectivity index (χ0n) is 7.78. The van der Waals surface area contributed by atoms with E-state index in [9.17, 15) is 4.79 Å². The van der Waals surface area contributed by atoms with E-state index in [1.165, 1.54) is 11.3 Å². The van der Waals surface area contributed by atoms with Crippen LogP contribution in [0.5, 0.6) is 5.75 Å². The van der Waals surface area contributed by atoms with Crippen LogP contribution in [0.15, 0.2) is 18.2 Å². The molecule has 0 unspecified atom stereocenters. The average molecular weight is 243 g/mol. The van der Waals surface area contributed by atoms with Crippen molar-refractivity contribution in [1.82, 2.24) is 0 Å². The van der Waals surface area contributed by atoms with E-state index in [0.29, 0.717) is 11.1 Å². The smallest absolute Gasteiger partial charge is 0.338 e. The van der Waals surface area contributed by atoms with Gasteiger partial charge in [0, 0.05) is 5.39 Å². The second-order valence-corrected chi connectivity index (χ2v) is 4.52. The van der Waals surface area contributed by atoms with Gasteiger partial charge in [0.1, 0.15) is 10.1 Å². The van der Waals surface area contributed by atoms with Gasteiger partial charge in [0.25, 0.3) is 0 Å². The number of carbonyl (C=O) groups is 1. The Kier molecular flexibility index (Phi) is 2.54. The predicted octanol–water partition coefficient (Wildman–Crippen LogP) is 3.26. The van der Waals surface area contributed by atoms with Gasteiger partial charge in [-0.2, -0.15) is 0 Å². The highest BCUT2D eigenvalue weighted by Crippen LogP contribution is 2.39. The number of hydrogen-bond donors (Lipinski definition) is 1. The van der Waals surface area contributed by atoms with Crippen LogP contribution < -0.4 is 4.74 Å². The average Bonchev–Trinajstić information content (AvgIpc) is 2.53. The molecule has 1 heterocycles. The minimum Gasteiger partial charge on any atom is -0.495 e. The topological polar surface area (TPSA) is 46.5 Å². The van der Waals surface area contributed by atoms with Gasteiger partial charge in [0.15, 0.2) is 0 Å². The van der Waals surface area contributed by atoms with E-state index >= 15 is 0 Å². The molecular weight excluding hydrogens is 236 g/mol. The van der Waals surface area contributed by atoms with Crippen LogP contribution in [0.2, 0.25) is 4.34 Å². The van der Waals surface area contributed by atoms with Crippen LogP contribution in [0.4, 0.5) is 0 Å². The predicted molar refractivity (Wildman–Crippen MR) is 60.3 cm³/mol. The van der Waals surface area contributed by atoms with Crippen LogP contribution in [0.1, 0.15) is 10.4 Å². The van der Waals surface area contributed by atoms with Gasteiger partial charge in [-0.25, -0.2) is 4.79 Å². The van der Waals surface area contributed by atoms with Crippen LogP contribution in [-0.2, 0) is 0 Å². The molecule has 2 aromatic rings. The maximum Gasteiger partial charge on any atom is 0.338 e. The minimum absolute atomic E-state index is 0.149. The monoisotopic (exact) mass is 242 g/mol. The summed E-state index contributed by atoms with van der Waals surface area (Å²) in [6.07, 6.45) is 0. The van der Waals surface area contributed by atoms with E-state index in [-0.39, 0.29) is 9.90 Å². The molecule has 0 spiro atoms. The zero-order valence-corrected chi connectivity index (χ0v) is 9.35. The van der Waals surface area contributed by atoms with Crippen molar-refractivity contribution in [3.8, 4) is 5.75 Å². The van der Waals surface area contributed by atoms with Gasteiger partial charge in [0.2, 0.25) is 0 Å². The Bertz CT molecular complexity index is 533. The fraction of sp³-hybridized carbons (Fsp3) is 0.100. The standard InChI is InChI=1S/C10H7ClO3S/c1-14-6-4-2-3-5-7(10(12)13)9(11)15-8(5)6/h2-4H,1H3,(H,12,13). The number of halogens is 1. The molecular formula is C10H7ClO3S. The highest BCUT2D eigenvalue weighted by atomic mass is 35.5. The fourth-order valence-electron chi connectivity index (χ4n) is 1.42. The summed E-state index contributed by atoms with van der Waals surface area (Å²) in [5.74, 6) is -0.369. The number of rotatable bonds is 2. The lowest BCUT2D eigenvalue weighted by molar-refractivity contribution is 0.0699. The number of thiophene rings is 1. The lowest BCUT2D eigenvalue weighted by atomic mass is 10.2. The quantitative estimate of drug-likeness (QED) is 0.879. The molecule has 0 atom stereocenters. The SMILES string of the molecule is COc1cccc2c(C(=O)O)c(Cl)sc12. The van der Waals surface area contributed by atoms with Crippen molar-refractivity contribution in [2.75, 3.05) is 7.11 Å². The number of fused-ring (bicyclic) bond motifs is 1. The molecule has 1 N–H and O–H groups in total. The number of hydrogen-bond acceptors (Lipinski definition) is 3. The molecule has 0 saturated heterocycles. The van der Waals surface area contributed by atoms with Crippen molar-refractivity contribution in [2.45, 2.75) is 0 Å². The molecule has 0 radical (unpaired) electrons. The maximum atomic E-state index is 11.0. The van der Waals surface area contributed by atoms with E-state index in [2.05, 4.69) is 0 Å². The maximum absolute atomic E-state index is 11.0. The Morgan fingerprint density at radius 1 is 1.53 bits per heavy atom. The Hall–Kier alpha value is -1.26. The molecule has 2 rings (SSSR count). The Labute approximate surface area is 94.9 Å². The van der Waals surface area contributed by atoms with Gasteiger partial charge in [-0.3, -0.25) is 0 Å². The molecule has 0 fully saturated rings. The first-order valence-corrected chi connectivity index (χ1v) is 5.33. The number of carboxylic acids is 1. The fourth-order valence-corrected chi connectivity index (χ4v) is 2.85. The van der Waals surface area contributed by atoms with Gasteiger partial charge in [-0.1, -0.05) is 23.7 Å². The lowest BCUT2D eigenvalue weighted by Crippen LogP contribution is -1.94. The third-order valence-electron chi connectivity index (χ3n) is 2.07. The number of methoxy groups -OCH3 is 1. The summed E-state index contributed by atoms with van der Waals surface area (Å²) in [5, 5.41) is 9.62. The number of benzene rings is 1. The van der Waals surface area contributed by atoms with Crippen molar-refractivity contribution >= 4 is 39.0 Å². The normalized spacial score (nSPS) is 10.5. The summed E-state index contributed by atoms with van der Waals surface area (Å²) in [4.78, 5) is 11.0. The molecule has 0 aliphatic heterocycles. The molecule has 0 bridgehead atoms. The third kappa shape index (κ3) is 1.56. The molecule has 0 amide bonds. The van der Waals surface area contributed by atoms with E-state index in [0.717, 1.165) is 4.70 Å². The summed E-state index contributed by atoms with van der Waals surface area (Å²) in [7, 11) is 1.54. The number of ether oxygens (including phenoxy) is 1. The summed E-state index contributed by atoms with van der Waals surface area (Å²) in [5.41, 5.74) is 0.149. The van der Waals surface area contributed by atoms with Crippen LogP contribution in [0, 0.1) is 0 Å². The molecule has 5 heteroatoms. The second-order valence-electron chi connectivity index (χ2n) is 2.89. The molecule has 3 nitrogen and oxygen atoms in total. The highest BCUT2D eigenvalue weighted by Gasteiger charge is 2.18. The summed E-state index contributed by atoms with van der Waals surface area (Å²) < 4.78 is 6.18. The van der Waals surface area contributed by atoms with Crippen molar-refractivity contribution in [2.24, 2.45) is 0 Å². The van der Waals surface area contributed by atoms with E-state index < -0.39 is 5.97 Å². The van der Waals surface area contributed by atoms with Crippen molar-refractivity contribution in [3.05, 3.63) is 28.1 Å². The van der Waals surface area contributed by atoms with Crippen molar-refractivity contribution in [1.29, 1.82) is 0 Å². The molecule has 0 aliphatic carbocycles. The molecule has 0 saturated carbocycles. The van der Waals surface area contributed by atoms with Crippen LogP contribution >= 0.6 is 22.9 Å². The van der Waals surface area contributed by atoms with E-state index in [1.807, 2.05) is 0 Å². The molecule has 78 valence electrons. The van der Waals surface area contributed by atoms with Crippen molar-refractivity contribution in [3.63, 3.8) is 0 Å². The van der Waals surface area contributed by atoms with E-state index in [4.69, 9.17) is 21.4 Å². The minimum atomic E-state index is -1.01. The summed E-state index contributed by atoms with van der Waals surface area (Å²) in [6, 6.07) is 5.25. The van der Waals surface area contributed by atoms with Crippen LogP contribution in [0.3, 0.4) is 0 Å². The van der Waals surface area contributed by atoms with Gasteiger partial charge in [-0.15, -0.1) is 11.3 Å². The Balaban J connectivity index is 2.84. The van der Waals surface area contributed by atoms with E-state index in [1.54, 1.807) is 25.3 Å². The van der Waals surface area contributed by atoms with Gasteiger partial charge in [0.05, 0.1) is 17.4 Å². The summed E-state index contributed by atoms with van der Waals surface area (Å²) >= 11 is 7.09. The molecule has 1 aromatic carbocycles. The number of aromatic carboxylic acids is 1. The first-order valence-electron chi connectivity index (χ1n) is 4.13. The van der Waals surface area contributed by atoms with Crippen LogP contribution in [-0.4, -0.2) is 18.2 Å². The lowest BCUT2D eigenvalue weighted by Gasteiger charge is -1.99. The Morgan fingerprint density at radius 2 is 2.27 bits per heavy atom. The Morgan fingerprint density at radius 3 is 2.87 bits per heavy atom. The largest absolute Gasteiger partial charge is 0.495 e. The highest BCUT2D eigenvalue weighted by molar-refractivity contribution is 7.23. The summed E-state index contributed by atoms with van der Waals surface area (Å²) in [6.45, 7) is 0. The van der Waals surface area contributed by atoms with Gasteiger partial charge in [-0.05, 0) is 6.07 Å². The molecule has 1 aromatic heterocycles. The number of carboxylic acid groups (broad SMARTS) is 1.